The van der Waals surface area contributed by atoms with E-state index in [0.717, 1.165) is 11.1 Å². The monoisotopic (exact) mass is 278 g/mol. The summed E-state index contributed by atoms with van der Waals surface area (Å²) in [6, 6.07) is 17.5. The maximum absolute atomic E-state index is 11.6. The molecule has 3 nitrogen and oxygen atoms in total. The molecular weight excluding hydrogens is 260 g/mol. The summed E-state index contributed by atoms with van der Waals surface area (Å²) in [4.78, 5) is 11.6. The molecule has 106 valence electrons. The molecule has 2 amide bonds. The van der Waals surface area contributed by atoms with E-state index in [1.54, 1.807) is 0 Å². The Labute approximate surface area is 125 Å². The second-order valence-electron chi connectivity index (χ2n) is 4.69. The van der Waals surface area contributed by atoms with Crippen LogP contribution in [-0.4, -0.2) is 12.6 Å². The smallest absolute Gasteiger partial charge is 0.315 e. The van der Waals surface area contributed by atoms with Crippen LogP contribution in [0, 0.1) is 18.8 Å². The van der Waals surface area contributed by atoms with Gasteiger partial charge in [0.25, 0.3) is 0 Å². The second-order valence-corrected chi connectivity index (χ2v) is 4.69. The van der Waals surface area contributed by atoms with Crippen molar-refractivity contribution in [2.75, 3.05) is 6.54 Å². The molecular formula is C18H18N2O. The minimum Gasteiger partial charge on any atom is -0.334 e. The lowest BCUT2D eigenvalue weighted by Gasteiger charge is -2.05. The molecule has 0 aliphatic rings. The molecule has 21 heavy (non-hydrogen) atoms. The van der Waals surface area contributed by atoms with Gasteiger partial charge in [0, 0.05) is 12.1 Å². The minimum atomic E-state index is -0.210. The molecule has 0 fully saturated rings. The third-order valence-electron chi connectivity index (χ3n) is 2.92. The number of nitrogens with one attached hydrogen (secondary N) is 2. The van der Waals surface area contributed by atoms with Gasteiger partial charge in [0.15, 0.2) is 0 Å². The molecule has 2 aromatic rings. The number of aryl methyl sites for hydroxylation is 1. The van der Waals surface area contributed by atoms with Crippen molar-refractivity contribution in [2.45, 2.75) is 13.5 Å². The maximum atomic E-state index is 11.6. The van der Waals surface area contributed by atoms with Gasteiger partial charge in [-0.2, -0.15) is 0 Å². The van der Waals surface area contributed by atoms with Crippen LogP contribution in [0.1, 0.15) is 16.7 Å². The third kappa shape index (κ3) is 5.42. The third-order valence-corrected chi connectivity index (χ3v) is 2.92. The summed E-state index contributed by atoms with van der Waals surface area (Å²) < 4.78 is 0. The van der Waals surface area contributed by atoms with Crippen molar-refractivity contribution in [2.24, 2.45) is 0 Å². The van der Waals surface area contributed by atoms with Crippen molar-refractivity contribution in [3.05, 3.63) is 71.3 Å². The van der Waals surface area contributed by atoms with Crippen molar-refractivity contribution in [1.82, 2.24) is 10.6 Å². The number of benzene rings is 2. The summed E-state index contributed by atoms with van der Waals surface area (Å²) in [6.07, 6.45) is 0. The Bertz CT molecular complexity index is 636. The Morgan fingerprint density at radius 3 is 2.43 bits per heavy atom. The highest BCUT2D eigenvalue weighted by Gasteiger charge is 1.98. The summed E-state index contributed by atoms with van der Waals surface area (Å²) in [7, 11) is 0. The number of hydrogen-bond acceptors (Lipinski definition) is 1. The highest BCUT2D eigenvalue weighted by molar-refractivity contribution is 5.74. The van der Waals surface area contributed by atoms with Crippen LogP contribution in [0.2, 0.25) is 0 Å². The molecule has 2 aromatic carbocycles. The molecule has 0 aliphatic heterocycles. The van der Waals surface area contributed by atoms with E-state index in [-0.39, 0.29) is 6.03 Å². The minimum absolute atomic E-state index is 0.210. The van der Waals surface area contributed by atoms with Crippen LogP contribution in [0.5, 0.6) is 0 Å². The zero-order chi connectivity index (χ0) is 14.9. The maximum Gasteiger partial charge on any atom is 0.315 e. The van der Waals surface area contributed by atoms with E-state index >= 15 is 0 Å². The average Bonchev–Trinajstić information content (AvgIpc) is 2.52. The zero-order valence-electron chi connectivity index (χ0n) is 12.0. The summed E-state index contributed by atoms with van der Waals surface area (Å²) in [5, 5.41) is 5.51. The van der Waals surface area contributed by atoms with E-state index in [1.807, 2.05) is 61.5 Å². The Kier molecular flexibility index (Phi) is 5.42. The first kappa shape index (κ1) is 14.7. The normalized spacial score (nSPS) is 9.38. The largest absolute Gasteiger partial charge is 0.334 e. The summed E-state index contributed by atoms with van der Waals surface area (Å²) in [5.74, 6) is 5.90. The molecule has 0 aromatic heterocycles. The molecule has 0 heterocycles. The molecule has 3 heteroatoms. The number of rotatable bonds is 3. The first-order valence-electron chi connectivity index (χ1n) is 6.85. The van der Waals surface area contributed by atoms with Gasteiger partial charge in [0.1, 0.15) is 0 Å². The van der Waals surface area contributed by atoms with Gasteiger partial charge in [0.05, 0.1) is 6.54 Å². The fourth-order valence-corrected chi connectivity index (χ4v) is 1.74. The van der Waals surface area contributed by atoms with Crippen molar-refractivity contribution in [1.29, 1.82) is 0 Å². The van der Waals surface area contributed by atoms with Crippen molar-refractivity contribution >= 4 is 6.03 Å². The molecule has 0 bridgehead atoms. The molecule has 0 unspecified atom stereocenters. The summed E-state index contributed by atoms with van der Waals surface area (Å²) in [5.41, 5.74) is 3.23. The number of hydrogen-bond donors (Lipinski definition) is 2. The highest BCUT2D eigenvalue weighted by atomic mass is 16.2. The lowest BCUT2D eigenvalue weighted by Crippen LogP contribution is -2.35. The number of carbonyl (C=O) groups excluding carboxylic acids is 1. The van der Waals surface area contributed by atoms with E-state index in [2.05, 4.69) is 22.5 Å². The average molecular weight is 278 g/mol. The van der Waals surface area contributed by atoms with Gasteiger partial charge in [-0.1, -0.05) is 59.9 Å². The Balaban J connectivity index is 1.71. The van der Waals surface area contributed by atoms with Gasteiger partial charge in [-0.3, -0.25) is 0 Å². The second kappa shape index (κ2) is 7.76. The van der Waals surface area contributed by atoms with Crippen molar-refractivity contribution in [3.8, 4) is 11.8 Å². The number of urea groups is 1. The van der Waals surface area contributed by atoms with Crippen LogP contribution in [0.25, 0.3) is 0 Å². The Hall–Kier alpha value is -2.73. The topological polar surface area (TPSA) is 41.1 Å². The molecule has 0 saturated carbocycles. The van der Waals surface area contributed by atoms with E-state index in [0.29, 0.717) is 13.1 Å². The fraction of sp³-hybridized carbons (Fsp3) is 0.167. The Morgan fingerprint density at radius 2 is 1.71 bits per heavy atom. The van der Waals surface area contributed by atoms with Gasteiger partial charge in [0.2, 0.25) is 0 Å². The van der Waals surface area contributed by atoms with Crippen LogP contribution in [0.4, 0.5) is 4.79 Å². The molecule has 0 spiro atoms. The predicted molar refractivity (Wildman–Crippen MR) is 84.7 cm³/mol. The van der Waals surface area contributed by atoms with E-state index in [4.69, 9.17) is 0 Å². The quantitative estimate of drug-likeness (QED) is 0.833. The van der Waals surface area contributed by atoms with Crippen LogP contribution in [0.15, 0.2) is 54.6 Å². The zero-order valence-corrected chi connectivity index (χ0v) is 12.0. The first-order chi connectivity index (χ1) is 10.2. The van der Waals surface area contributed by atoms with Crippen LogP contribution in [-0.2, 0) is 6.54 Å². The van der Waals surface area contributed by atoms with E-state index in [1.165, 1.54) is 5.56 Å². The van der Waals surface area contributed by atoms with Gasteiger partial charge in [-0.15, -0.1) is 0 Å². The molecule has 0 radical (unpaired) electrons. The van der Waals surface area contributed by atoms with Crippen LogP contribution < -0.4 is 10.6 Å². The van der Waals surface area contributed by atoms with Crippen molar-refractivity contribution < 1.29 is 4.79 Å². The molecule has 2 N–H and O–H groups in total. The lowest BCUT2D eigenvalue weighted by molar-refractivity contribution is 0.241. The Morgan fingerprint density at radius 1 is 1.00 bits per heavy atom. The lowest BCUT2D eigenvalue weighted by atomic mass is 10.1. The number of amides is 2. The van der Waals surface area contributed by atoms with Crippen molar-refractivity contribution in [3.63, 3.8) is 0 Å². The summed E-state index contributed by atoms with van der Waals surface area (Å²) >= 11 is 0. The van der Waals surface area contributed by atoms with Gasteiger partial charge in [-0.05, 0) is 24.6 Å². The fourth-order valence-electron chi connectivity index (χ4n) is 1.74. The standard InChI is InChI=1S/C18H18N2O/c1-15-9-11-17(12-10-15)14-20-18(21)19-13-5-8-16-6-3-2-4-7-16/h2-4,6-7,9-12H,13-14H2,1H3,(H2,19,20,21). The van der Waals surface area contributed by atoms with Crippen LogP contribution in [0.3, 0.4) is 0 Å². The van der Waals surface area contributed by atoms with Gasteiger partial charge in [-0.25, -0.2) is 4.79 Å². The molecule has 0 aliphatic carbocycles. The SMILES string of the molecule is Cc1ccc(CNC(=O)NCC#Cc2ccccc2)cc1. The van der Waals surface area contributed by atoms with E-state index < -0.39 is 0 Å². The van der Waals surface area contributed by atoms with Crippen LogP contribution >= 0.6 is 0 Å². The predicted octanol–water partition coefficient (Wildman–Crippen LogP) is 2.85. The van der Waals surface area contributed by atoms with Gasteiger partial charge >= 0.3 is 6.03 Å². The molecule has 0 atom stereocenters. The molecule has 0 saturated heterocycles. The molecule has 2 rings (SSSR count). The first-order valence-corrected chi connectivity index (χ1v) is 6.85. The van der Waals surface area contributed by atoms with E-state index in [9.17, 15) is 4.79 Å². The summed E-state index contributed by atoms with van der Waals surface area (Å²) in [6.45, 7) is 2.88. The number of carbonyl (C=O) groups is 1. The highest BCUT2D eigenvalue weighted by Crippen LogP contribution is 2.02. The van der Waals surface area contributed by atoms with Gasteiger partial charge < -0.3 is 10.6 Å².